The van der Waals surface area contributed by atoms with Gasteiger partial charge in [-0.2, -0.15) is 0 Å². The molecule has 0 fully saturated rings. The zero-order valence-electron chi connectivity index (χ0n) is 21.8. The van der Waals surface area contributed by atoms with Crippen LogP contribution in [0.5, 0.6) is 5.75 Å². The van der Waals surface area contributed by atoms with E-state index in [-0.39, 0.29) is 20.3 Å². The van der Waals surface area contributed by atoms with E-state index in [1.165, 1.54) is 23.8 Å². The van der Waals surface area contributed by atoms with Crippen molar-refractivity contribution in [2.45, 2.75) is 48.2 Å². The van der Waals surface area contributed by atoms with Crippen LogP contribution in [-0.2, 0) is 22.7 Å². The quantitative estimate of drug-likeness (QED) is 0.228. The van der Waals surface area contributed by atoms with Crippen LogP contribution in [0.15, 0.2) is 71.6 Å². The molecule has 195 valence electrons. The van der Waals surface area contributed by atoms with Gasteiger partial charge in [-0.1, -0.05) is 0 Å². The molecule has 0 unspecified atom stereocenters. The standard InChI is InChI=1S/C30H35AsNO4S/c1-32(27-14-10-24-11-15-28(36-2)21-26(24)20-27)19-5-4-18-31-30(33)25-8-6-22(7-9-25)23-12-16-29(17-13-23)37(3,34)35/h6-9,11-13,15-17,21,27H,4-5,10,14,18-20H2,1-3H3/t27-/m1/s1. The summed E-state index contributed by atoms with van der Waals surface area (Å²) < 4.78 is 29.0. The number of methoxy groups -OCH3 is 1. The number of sulfone groups is 1. The Kier molecular flexibility index (Phi) is 9.28. The van der Waals surface area contributed by atoms with Gasteiger partial charge >= 0.3 is 229 Å². The minimum absolute atomic E-state index is 0.265. The summed E-state index contributed by atoms with van der Waals surface area (Å²) in [6.45, 7) is 1.06. The Bertz CT molecular complexity index is 1320. The number of rotatable bonds is 11. The molecule has 3 aromatic carbocycles. The molecular weight excluding hydrogens is 545 g/mol. The third-order valence-electron chi connectivity index (χ3n) is 7.16. The number of hydrogen-bond acceptors (Lipinski definition) is 5. The van der Waals surface area contributed by atoms with Crippen LogP contribution in [0, 0.1) is 0 Å². The van der Waals surface area contributed by atoms with Crippen molar-refractivity contribution in [3.63, 3.8) is 0 Å². The van der Waals surface area contributed by atoms with E-state index in [1.807, 2.05) is 24.3 Å². The molecule has 0 saturated heterocycles. The average Bonchev–Trinajstić information content (AvgIpc) is 2.91. The van der Waals surface area contributed by atoms with Crippen molar-refractivity contribution in [1.82, 2.24) is 4.90 Å². The summed E-state index contributed by atoms with van der Waals surface area (Å²) in [7, 11) is 0.744. The normalized spacial score (nSPS) is 15.7. The zero-order valence-corrected chi connectivity index (χ0v) is 24.5. The van der Waals surface area contributed by atoms with E-state index in [0.29, 0.717) is 10.9 Å². The fraction of sp³-hybridized carbons (Fsp3) is 0.367. The first-order chi connectivity index (χ1) is 17.7. The van der Waals surface area contributed by atoms with Gasteiger partial charge in [-0.05, 0) is 0 Å². The van der Waals surface area contributed by atoms with Gasteiger partial charge in [-0.15, -0.1) is 0 Å². The zero-order chi connectivity index (χ0) is 26.4. The number of carbonyl (C=O) groups is 1. The third-order valence-corrected chi connectivity index (χ3v) is 10.6. The predicted molar refractivity (Wildman–Crippen MR) is 151 cm³/mol. The summed E-state index contributed by atoms with van der Waals surface area (Å²) in [4.78, 5) is 15.5. The number of benzene rings is 3. The fourth-order valence-electron chi connectivity index (χ4n) is 4.84. The van der Waals surface area contributed by atoms with Gasteiger partial charge in [0.05, 0.1) is 0 Å². The third kappa shape index (κ3) is 7.34. The van der Waals surface area contributed by atoms with Crippen molar-refractivity contribution < 1.29 is 17.9 Å². The van der Waals surface area contributed by atoms with Crippen LogP contribution in [0.1, 0.15) is 40.7 Å². The molecule has 0 amide bonds. The van der Waals surface area contributed by atoms with Crippen LogP contribution in [0.25, 0.3) is 11.1 Å². The first-order valence-corrected chi connectivity index (χ1v) is 16.9. The van der Waals surface area contributed by atoms with E-state index in [4.69, 9.17) is 4.74 Å². The number of fused-ring (bicyclic) bond motifs is 1. The van der Waals surface area contributed by atoms with Gasteiger partial charge in [0, 0.05) is 0 Å². The van der Waals surface area contributed by atoms with E-state index < -0.39 is 9.84 Å². The topological polar surface area (TPSA) is 63.7 Å². The SMILES string of the molecule is COc1ccc2c(c1)C[C@H](N(C)CCCC[As]C(=O)c1ccc(-c3ccc(S(C)(=O)=O)cc3)cc1)CC2. The van der Waals surface area contributed by atoms with E-state index in [2.05, 4.69) is 30.1 Å². The van der Waals surface area contributed by atoms with Crippen LogP contribution >= 0.6 is 0 Å². The van der Waals surface area contributed by atoms with Crippen molar-refractivity contribution >= 4 is 30.2 Å². The Balaban J connectivity index is 1.19. The van der Waals surface area contributed by atoms with Gasteiger partial charge < -0.3 is 0 Å². The van der Waals surface area contributed by atoms with Crippen LogP contribution in [-0.4, -0.2) is 66.6 Å². The van der Waals surface area contributed by atoms with Gasteiger partial charge in [0.15, 0.2) is 0 Å². The molecule has 0 aliphatic heterocycles. The number of likely N-dealkylation sites (N-methyl/N-ethyl adjacent to an activating group) is 1. The molecule has 1 radical (unpaired) electrons. The molecule has 0 bridgehead atoms. The number of unbranched alkanes of at least 4 members (excludes halogenated alkanes) is 1. The fourth-order valence-corrected chi connectivity index (χ4v) is 7.40. The second-order valence-corrected chi connectivity index (χ2v) is 14.2. The monoisotopic (exact) mass is 580 g/mol. The second-order valence-electron chi connectivity index (χ2n) is 9.78. The summed E-state index contributed by atoms with van der Waals surface area (Å²) in [6, 6.07) is 21.5. The first kappa shape index (κ1) is 27.6. The van der Waals surface area contributed by atoms with Crippen LogP contribution in [0.4, 0.5) is 0 Å². The van der Waals surface area contributed by atoms with Gasteiger partial charge in [0.2, 0.25) is 0 Å². The summed E-state index contributed by atoms with van der Waals surface area (Å²) >= 11 is -0.366. The van der Waals surface area contributed by atoms with Crippen molar-refractivity contribution in [1.29, 1.82) is 0 Å². The molecule has 1 aliphatic carbocycles. The molecule has 1 atom stereocenters. The van der Waals surface area contributed by atoms with Crippen molar-refractivity contribution in [2.24, 2.45) is 0 Å². The molecule has 0 saturated carbocycles. The van der Waals surface area contributed by atoms with E-state index in [0.717, 1.165) is 59.9 Å². The summed E-state index contributed by atoms with van der Waals surface area (Å²) in [5.41, 5.74) is 5.54. The number of ether oxygens (including phenoxy) is 1. The van der Waals surface area contributed by atoms with E-state index >= 15 is 0 Å². The molecule has 0 spiro atoms. The number of nitrogens with zero attached hydrogens (tertiary/aromatic N) is 1. The molecule has 4 rings (SSSR count). The maximum absolute atomic E-state index is 12.7. The Morgan fingerprint density at radius 3 is 2.30 bits per heavy atom. The summed E-state index contributed by atoms with van der Waals surface area (Å²) in [6.07, 6.45) is 6.79. The molecule has 0 aromatic heterocycles. The number of aryl methyl sites for hydroxylation is 1. The van der Waals surface area contributed by atoms with Crippen LogP contribution < -0.4 is 4.74 Å². The first-order valence-electron chi connectivity index (χ1n) is 12.7. The van der Waals surface area contributed by atoms with Gasteiger partial charge in [0.25, 0.3) is 0 Å². The van der Waals surface area contributed by atoms with Crippen molar-refractivity contribution in [3.8, 4) is 16.9 Å². The molecule has 5 nitrogen and oxygen atoms in total. The van der Waals surface area contributed by atoms with E-state index in [9.17, 15) is 13.2 Å². The Morgan fingerprint density at radius 2 is 1.65 bits per heavy atom. The Labute approximate surface area is 227 Å². The summed E-state index contributed by atoms with van der Waals surface area (Å²) in [5.74, 6) is 0.938. The minimum atomic E-state index is -3.21. The van der Waals surface area contributed by atoms with Crippen LogP contribution in [0.2, 0.25) is 5.21 Å². The van der Waals surface area contributed by atoms with Crippen molar-refractivity contribution in [2.75, 3.05) is 27.0 Å². The average molecular weight is 581 g/mol. The molecule has 1 aliphatic rings. The number of hydrogen-bond donors (Lipinski definition) is 0. The van der Waals surface area contributed by atoms with E-state index in [1.54, 1.807) is 31.4 Å². The van der Waals surface area contributed by atoms with Crippen LogP contribution in [0.3, 0.4) is 0 Å². The van der Waals surface area contributed by atoms with Crippen molar-refractivity contribution in [3.05, 3.63) is 83.4 Å². The molecule has 0 heterocycles. The molecular formula is C30H35AsNO4S. The Hall–Kier alpha value is -2.40. The summed E-state index contributed by atoms with van der Waals surface area (Å²) in [5, 5.41) is 0.989. The predicted octanol–water partition coefficient (Wildman–Crippen LogP) is 5.30. The maximum atomic E-state index is 12.7. The molecule has 7 heteroatoms. The molecule has 0 N–H and O–H groups in total. The number of carbonyl (C=O) groups excluding carboxylic acids is 1. The Morgan fingerprint density at radius 1 is 0.973 bits per heavy atom. The molecule has 37 heavy (non-hydrogen) atoms. The molecule has 3 aromatic rings. The van der Waals surface area contributed by atoms with Gasteiger partial charge in [-0.25, -0.2) is 0 Å². The second kappa shape index (κ2) is 12.4. The van der Waals surface area contributed by atoms with Gasteiger partial charge in [0.1, 0.15) is 0 Å². The van der Waals surface area contributed by atoms with Gasteiger partial charge in [-0.3, -0.25) is 0 Å².